The molecular weight excluding hydrogens is 240 g/mol. The first-order valence-corrected chi connectivity index (χ1v) is 6.65. The van der Waals surface area contributed by atoms with E-state index in [1.165, 1.54) is 0 Å². The molecule has 0 fully saturated rings. The van der Waals surface area contributed by atoms with Crippen molar-refractivity contribution < 1.29 is 9.53 Å². The summed E-state index contributed by atoms with van der Waals surface area (Å²) in [6, 6.07) is 9.53. The van der Waals surface area contributed by atoms with Crippen molar-refractivity contribution in [3.05, 3.63) is 35.9 Å². The van der Waals surface area contributed by atoms with Crippen LogP contribution < -0.4 is 11.1 Å². The lowest BCUT2D eigenvalue weighted by Gasteiger charge is -2.30. The van der Waals surface area contributed by atoms with Gasteiger partial charge in [0.15, 0.2) is 0 Å². The molecule has 1 amide bonds. The van der Waals surface area contributed by atoms with Crippen LogP contribution in [0.3, 0.4) is 0 Å². The second-order valence-corrected chi connectivity index (χ2v) is 5.10. The molecular formula is C15H24N2O2. The van der Waals surface area contributed by atoms with Gasteiger partial charge in [-0.05, 0) is 18.5 Å². The highest BCUT2D eigenvalue weighted by molar-refractivity contribution is 5.86. The van der Waals surface area contributed by atoms with Gasteiger partial charge in [-0.2, -0.15) is 0 Å². The summed E-state index contributed by atoms with van der Waals surface area (Å²) in [5, 5.41) is 3.06. The number of primary amides is 1. The summed E-state index contributed by atoms with van der Waals surface area (Å²) >= 11 is 0. The number of rotatable bonds is 8. The van der Waals surface area contributed by atoms with Crippen LogP contribution in [0.1, 0.15) is 25.8 Å². The van der Waals surface area contributed by atoms with E-state index < -0.39 is 5.54 Å². The van der Waals surface area contributed by atoms with Crippen LogP contribution in [0.25, 0.3) is 0 Å². The summed E-state index contributed by atoms with van der Waals surface area (Å²) in [5.41, 5.74) is 5.61. The Labute approximate surface area is 115 Å². The summed E-state index contributed by atoms with van der Waals surface area (Å²) in [7, 11) is 1.75. The molecule has 0 aromatic heterocycles. The predicted octanol–water partition coefficient (Wildman–Crippen LogP) is 1.65. The third kappa shape index (κ3) is 4.04. The zero-order valence-corrected chi connectivity index (χ0v) is 12.0. The van der Waals surface area contributed by atoms with Crippen LogP contribution >= 0.6 is 0 Å². The number of likely N-dealkylation sites (N-methyl/N-ethyl adjacent to an activating group) is 1. The van der Waals surface area contributed by atoms with E-state index in [4.69, 9.17) is 10.5 Å². The van der Waals surface area contributed by atoms with E-state index in [2.05, 4.69) is 19.2 Å². The Morgan fingerprint density at radius 3 is 2.47 bits per heavy atom. The molecule has 0 heterocycles. The highest BCUT2D eigenvalue weighted by atomic mass is 16.5. The van der Waals surface area contributed by atoms with Gasteiger partial charge in [-0.25, -0.2) is 0 Å². The quantitative estimate of drug-likeness (QED) is 0.702. The third-order valence-corrected chi connectivity index (χ3v) is 3.19. The molecule has 1 rings (SSSR count). The fraction of sp³-hybridized carbons (Fsp3) is 0.533. The van der Waals surface area contributed by atoms with Crippen molar-refractivity contribution in [2.45, 2.75) is 25.8 Å². The molecule has 3 N–H and O–H groups in total. The van der Waals surface area contributed by atoms with E-state index in [9.17, 15) is 4.79 Å². The van der Waals surface area contributed by atoms with Crippen molar-refractivity contribution in [1.29, 1.82) is 0 Å². The maximum absolute atomic E-state index is 11.9. The number of hydrogen-bond donors (Lipinski definition) is 2. The predicted molar refractivity (Wildman–Crippen MR) is 76.6 cm³/mol. The van der Waals surface area contributed by atoms with Gasteiger partial charge in [0.2, 0.25) is 5.91 Å². The Bertz CT molecular complexity index is 392. The van der Waals surface area contributed by atoms with Crippen molar-refractivity contribution in [2.24, 2.45) is 11.7 Å². The molecule has 0 saturated heterocycles. The summed E-state index contributed by atoms with van der Waals surface area (Å²) < 4.78 is 5.58. The zero-order valence-electron chi connectivity index (χ0n) is 12.0. The van der Waals surface area contributed by atoms with Crippen LogP contribution in [-0.4, -0.2) is 26.2 Å². The van der Waals surface area contributed by atoms with Gasteiger partial charge in [0, 0.05) is 19.6 Å². The minimum atomic E-state index is -0.863. The van der Waals surface area contributed by atoms with Gasteiger partial charge >= 0.3 is 0 Å². The molecule has 0 aliphatic carbocycles. The lowest BCUT2D eigenvalue weighted by molar-refractivity contribution is -0.125. The third-order valence-electron chi connectivity index (χ3n) is 3.19. The van der Waals surface area contributed by atoms with Crippen LogP contribution in [0.15, 0.2) is 30.3 Å². The highest BCUT2D eigenvalue weighted by Gasteiger charge is 2.36. The highest BCUT2D eigenvalue weighted by Crippen LogP contribution is 2.24. The number of carbonyl (C=O) groups excluding carboxylic acids is 1. The van der Waals surface area contributed by atoms with Crippen LogP contribution in [-0.2, 0) is 15.1 Å². The number of carbonyl (C=O) groups is 1. The molecule has 4 heteroatoms. The monoisotopic (exact) mass is 264 g/mol. The molecule has 0 spiro atoms. The van der Waals surface area contributed by atoms with Crippen LogP contribution in [0.2, 0.25) is 0 Å². The van der Waals surface area contributed by atoms with Crippen molar-refractivity contribution in [2.75, 3.05) is 20.3 Å². The molecule has 106 valence electrons. The molecule has 1 aromatic rings. The Kier molecular flexibility index (Phi) is 5.99. The Morgan fingerprint density at radius 1 is 1.37 bits per heavy atom. The van der Waals surface area contributed by atoms with E-state index >= 15 is 0 Å². The van der Waals surface area contributed by atoms with Gasteiger partial charge in [-0.3, -0.25) is 4.79 Å². The van der Waals surface area contributed by atoms with Gasteiger partial charge in [0.25, 0.3) is 0 Å². The molecule has 0 aliphatic rings. The number of nitrogens with two attached hydrogens (primary N) is 1. The number of benzene rings is 1. The largest absolute Gasteiger partial charge is 0.381 e. The number of ether oxygens (including phenoxy) is 1. The van der Waals surface area contributed by atoms with Crippen molar-refractivity contribution in [3.8, 4) is 0 Å². The Morgan fingerprint density at radius 2 is 2.00 bits per heavy atom. The number of amides is 1. The molecule has 0 bridgehead atoms. The van der Waals surface area contributed by atoms with E-state index in [1.807, 2.05) is 30.3 Å². The topological polar surface area (TPSA) is 64.3 Å². The molecule has 0 radical (unpaired) electrons. The standard InChI is InChI=1S/C15H24N2O2/c1-12(2)11-19-10-9-15(17-3,14(16)18)13-7-5-4-6-8-13/h4-8,12,17H,9-11H2,1-3H3,(H2,16,18). The van der Waals surface area contributed by atoms with Gasteiger partial charge in [-0.1, -0.05) is 44.2 Å². The van der Waals surface area contributed by atoms with Gasteiger partial charge < -0.3 is 15.8 Å². The molecule has 1 aromatic carbocycles. The average molecular weight is 264 g/mol. The van der Waals surface area contributed by atoms with Crippen LogP contribution in [0.5, 0.6) is 0 Å². The average Bonchev–Trinajstić information content (AvgIpc) is 2.39. The summed E-state index contributed by atoms with van der Waals surface area (Å²) in [5.74, 6) is 0.101. The first-order chi connectivity index (χ1) is 9.03. The van der Waals surface area contributed by atoms with Crippen LogP contribution in [0, 0.1) is 5.92 Å². The van der Waals surface area contributed by atoms with Gasteiger partial charge in [0.1, 0.15) is 5.54 Å². The van der Waals surface area contributed by atoms with Crippen molar-refractivity contribution in [3.63, 3.8) is 0 Å². The molecule has 1 unspecified atom stereocenters. The molecule has 19 heavy (non-hydrogen) atoms. The SMILES string of the molecule is CNC(CCOCC(C)C)(C(N)=O)c1ccccc1. The lowest BCUT2D eigenvalue weighted by Crippen LogP contribution is -2.51. The lowest BCUT2D eigenvalue weighted by atomic mass is 9.86. The molecule has 0 aliphatic heterocycles. The van der Waals surface area contributed by atoms with Gasteiger partial charge in [-0.15, -0.1) is 0 Å². The van der Waals surface area contributed by atoms with E-state index in [1.54, 1.807) is 7.05 Å². The summed E-state index contributed by atoms with van der Waals surface area (Å²) in [6.07, 6.45) is 0.523. The second-order valence-electron chi connectivity index (χ2n) is 5.10. The fourth-order valence-electron chi connectivity index (χ4n) is 2.07. The first kappa shape index (κ1) is 15.7. The van der Waals surface area contributed by atoms with Crippen LogP contribution in [0.4, 0.5) is 0 Å². The summed E-state index contributed by atoms with van der Waals surface area (Å²) in [6.45, 7) is 5.37. The minimum absolute atomic E-state index is 0.380. The maximum atomic E-state index is 11.9. The van der Waals surface area contributed by atoms with Crippen molar-refractivity contribution in [1.82, 2.24) is 5.32 Å². The minimum Gasteiger partial charge on any atom is -0.381 e. The summed E-state index contributed by atoms with van der Waals surface area (Å²) in [4.78, 5) is 11.9. The first-order valence-electron chi connectivity index (χ1n) is 6.65. The number of nitrogens with one attached hydrogen (secondary N) is 1. The maximum Gasteiger partial charge on any atom is 0.242 e. The molecule has 4 nitrogen and oxygen atoms in total. The number of hydrogen-bond acceptors (Lipinski definition) is 3. The fourth-order valence-corrected chi connectivity index (χ4v) is 2.07. The zero-order chi connectivity index (χ0) is 14.3. The Balaban J connectivity index is 2.80. The van der Waals surface area contributed by atoms with E-state index in [0.717, 1.165) is 5.56 Å². The van der Waals surface area contributed by atoms with E-state index in [-0.39, 0.29) is 5.91 Å². The van der Waals surface area contributed by atoms with Crippen molar-refractivity contribution >= 4 is 5.91 Å². The normalized spacial score (nSPS) is 14.3. The van der Waals surface area contributed by atoms with Gasteiger partial charge in [0.05, 0.1) is 0 Å². The van der Waals surface area contributed by atoms with E-state index in [0.29, 0.717) is 25.6 Å². The smallest absolute Gasteiger partial charge is 0.242 e. The molecule has 1 atom stereocenters. The Hall–Kier alpha value is -1.39. The second kappa shape index (κ2) is 7.26. The molecule has 0 saturated carbocycles.